The first kappa shape index (κ1) is 18.8. The van der Waals surface area contributed by atoms with E-state index < -0.39 is 0 Å². The van der Waals surface area contributed by atoms with E-state index in [1.165, 1.54) is 5.56 Å². The van der Waals surface area contributed by atoms with E-state index in [1.54, 1.807) is 4.80 Å². The molecule has 31 heavy (non-hydrogen) atoms. The molecular weight excluding hydrogens is 382 g/mol. The van der Waals surface area contributed by atoms with Gasteiger partial charge in [0.15, 0.2) is 5.69 Å². The van der Waals surface area contributed by atoms with Gasteiger partial charge in [-0.05, 0) is 55.5 Å². The lowest BCUT2D eigenvalue weighted by molar-refractivity contribution is -0.650. The average molecular weight is 404 g/mol. The zero-order valence-corrected chi connectivity index (χ0v) is 17.2. The van der Waals surface area contributed by atoms with Crippen LogP contribution in [-0.4, -0.2) is 15.1 Å². The fourth-order valence-corrected chi connectivity index (χ4v) is 3.44. The number of anilines is 2. The minimum atomic E-state index is 0.755. The Balaban J connectivity index is 1.66. The highest BCUT2D eigenvalue weighted by molar-refractivity contribution is 5.76. The van der Waals surface area contributed by atoms with Gasteiger partial charge in [0.2, 0.25) is 0 Å². The van der Waals surface area contributed by atoms with Gasteiger partial charge in [-0.1, -0.05) is 70.9 Å². The molecule has 1 aromatic heterocycles. The summed E-state index contributed by atoms with van der Waals surface area (Å²) in [6.07, 6.45) is 0. The number of hydrogen-bond donors (Lipinski definition) is 1. The van der Waals surface area contributed by atoms with Crippen molar-refractivity contribution in [2.75, 3.05) is 5.32 Å². The van der Waals surface area contributed by atoms with E-state index in [4.69, 9.17) is 10.3 Å². The van der Waals surface area contributed by atoms with Crippen molar-refractivity contribution in [3.8, 4) is 22.8 Å². The van der Waals surface area contributed by atoms with Gasteiger partial charge in [-0.25, -0.2) is 0 Å². The molecule has 5 rings (SSSR count). The quantitative estimate of drug-likeness (QED) is 0.406. The van der Waals surface area contributed by atoms with Gasteiger partial charge in [0.1, 0.15) is 5.69 Å². The van der Waals surface area contributed by atoms with Crippen molar-refractivity contribution in [2.24, 2.45) is 0 Å². The second kappa shape index (κ2) is 8.24. The van der Waals surface area contributed by atoms with Crippen molar-refractivity contribution in [1.29, 1.82) is 0 Å². The maximum atomic E-state index is 4.89. The van der Waals surface area contributed by atoms with Crippen molar-refractivity contribution >= 4 is 11.4 Å². The van der Waals surface area contributed by atoms with Crippen LogP contribution in [0, 0.1) is 6.92 Å². The normalized spacial score (nSPS) is 10.7. The standard InChI is InChI=1S/C26H22N5/c1-20-16-18-23(19-17-20)31-28-26(30(29-31)22-12-6-3-7-13-22)24-14-8-9-15-25(24)27-21-10-4-2-5-11-21/h2-19,27H,1H3/q+1. The van der Waals surface area contributed by atoms with Crippen LogP contribution in [0.2, 0.25) is 0 Å². The fourth-order valence-electron chi connectivity index (χ4n) is 3.44. The van der Waals surface area contributed by atoms with Crippen LogP contribution in [0.1, 0.15) is 5.56 Å². The summed E-state index contributed by atoms with van der Waals surface area (Å²) in [6, 6.07) is 36.6. The number of rotatable bonds is 5. The monoisotopic (exact) mass is 404 g/mol. The molecule has 0 saturated heterocycles. The molecule has 4 aromatic carbocycles. The van der Waals surface area contributed by atoms with Gasteiger partial charge in [0.25, 0.3) is 0 Å². The van der Waals surface area contributed by atoms with Crippen molar-refractivity contribution in [1.82, 2.24) is 15.1 Å². The molecule has 0 unspecified atom stereocenters. The van der Waals surface area contributed by atoms with Crippen molar-refractivity contribution in [2.45, 2.75) is 6.92 Å². The first-order chi connectivity index (χ1) is 15.3. The lowest BCUT2D eigenvalue weighted by atomic mass is 10.1. The maximum Gasteiger partial charge on any atom is 0.337 e. The summed E-state index contributed by atoms with van der Waals surface area (Å²) in [7, 11) is 0. The minimum absolute atomic E-state index is 0.755. The Labute approximate surface area is 181 Å². The third-order valence-electron chi connectivity index (χ3n) is 5.05. The van der Waals surface area contributed by atoms with Crippen molar-refractivity contribution in [3.63, 3.8) is 0 Å². The molecule has 5 nitrogen and oxygen atoms in total. The number of benzene rings is 4. The first-order valence-corrected chi connectivity index (χ1v) is 10.2. The number of aryl methyl sites for hydroxylation is 1. The smallest absolute Gasteiger partial charge is 0.337 e. The molecule has 0 aliphatic heterocycles. The zero-order chi connectivity index (χ0) is 21.0. The Morgan fingerprint density at radius 3 is 2.10 bits per heavy atom. The van der Waals surface area contributed by atoms with Crippen LogP contribution in [0.15, 0.2) is 109 Å². The molecule has 1 heterocycles. The highest BCUT2D eigenvalue weighted by atomic mass is 15.6. The van der Waals surface area contributed by atoms with Gasteiger partial charge in [-0.2, -0.15) is 0 Å². The molecule has 5 aromatic rings. The van der Waals surface area contributed by atoms with E-state index in [0.717, 1.165) is 34.1 Å². The van der Waals surface area contributed by atoms with Crippen LogP contribution in [0.4, 0.5) is 11.4 Å². The lowest BCUT2D eigenvalue weighted by Gasteiger charge is -2.09. The zero-order valence-electron chi connectivity index (χ0n) is 17.2. The predicted octanol–water partition coefficient (Wildman–Crippen LogP) is 5.26. The third kappa shape index (κ3) is 3.94. The molecule has 1 N–H and O–H groups in total. The Morgan fingerprint density at radius 1 is 0.710 bits per heavy atom. The Bertz CT molecular complexity index is 1290. The summed E-state index contributed by atoms with van der Waals surface area (Å²) in [5.41, 5.74) is 6.01. The molecular formula is C26H22N5+. The first-order valence-electron chi connectivity index (χ1n) is 10.2. The largest absolute Gasteiger partial charge is 0.355 e. The number of nitrogens with one attached hydrogen (secondary N) is 1. The van der Waals surface area contributed by atoms with Gasteiger partial charge in [0.05, 0.1) is 21.6 Å². The molecule has 0 bridgehead atoms. The van der Waals surface area contributed by atoms with Gasteiger partial charge in [0, 0.05) is 10.5 Å². The topological polar surface area (TPSA) is 46.6 Å². The number of para-hydroxylation sites is 3. The van der Waals surface area contributed by atoms with E-state index in [-0.39, 0.29) is 0 Å². The van der Waals surface area contributed by atoms with Crippen LogP contribution in [-0.2, 0) is 0 Å². The molecule has 0 aliphatic carbocycles. The number of tetrazole rings is 1. The fraction of sp³-hybridized carbons (Fsp3) is 0.0385. The van der Waals surface area contributed by atoms with Crippen LogP contribution >= 0.6 is 0 Å². The van der Waals surface area contributed by atoms with Crippen molar-refractivity contribution in [3.05, 3.63) is 115 Å². The molecule has 0 fully saturated rings. The number of hydrogen-bond acceptors (Lipinski definition) is 3. The lowest BCUT2D eigenvalue weighted by Crippen LogP contribution is -2.35. The SMILES string of the molecule is Cc1ccc(-n2nc(-c3ccccc3Nc3ccccc3)[n+](-c3ccccc3)n2)cc1. The van der Waals surface area contributed by atoms with Gasteiger partial charge in [-0.3, -0.25) is 0 Å². The molecule has 0 spiro atoms. The van der Waals surface area contributed by atoms with E-state index in [2.05, 4.69) is 36.5 Å². The van der Waals surface area contributed by atoms with Crippen LogP contribution in [0.3, 0.4) is 0 Å². The highest BCUT2D eigenvalue weighted by Crippen LogP contribution is 2.28. The van der Waals surface area contributed by atoms with E-state index >= 15 is 0 Å². The van der Waals surface area contributed by atoms with E-state index in [0.29, 0.717) is 0 Å². The van der Waals surface area contributed by atoms with Gasteiger partial charge >= 0.3 is 5.82 Å². The van der Waals surface area contributed by atoms with Crippen LogP contribution in [0.25, 0.3) is 22.8 Å². The molecule has 150 valence electrons. The van der Waals surface area contributed by atoms with Crippen LogP contribution < -0.4 is 10.00 Å². The summed E-state index contributed by atoms with van der Waals surface area (Å²) >= 11 is 0. The molecule has 0 amide bonds. The second-order valence-corrected chi connectivity index (χ2v) is 7.32. The molecule has 0 saturated carbocycles. The molecule has 5 heteroatoms. The summed E-state index contributed by atoms with van der Waals surface area (Å²) < 4.78 is 1.88. The average Bonchev–Trinajstić information content (AvgIpc) is 3.26. The van der Waals surface area contributed by atoms with Crippen molar-refractivity contribution < 1.29 is 4.68 Å². The van der Waals surface area contributed by atoms with Crippen LogP contribution in [0.5, 0.6) is 0 Å². The van der Waals surface area contributed by atoms with Gasteiger partial charge in [-0.15, -0.1) is 0 Å². The summed E-state index contributed by atoms with van der Waals surface area (Å²) in [6.45, 7) is 2.07. The highest BCUT2D eigenvalue weighted by Gasteiger charge is 2.26. The molecule has 0 atom stereocenters. The Kier molecular flexibility index (Phi) is 4.99. The van der Waals surface area contributed by atoms with Gasteiger partial charge < -0.3 is 5.32 Å². The number of nitrogens with zero attached hydrogens (tertiary/aromatic N) is 4. The van der Waals surface area contributed by atoms with E-state index in [9.17, 15) is 0 Å². The summed E-state index contributed by atoms with van der Waals surface area (Å²) in [4.78, 5) is 1.68. The molecule has 0 aliphatic rings. The Hall–Kier alpha value is -4.25. The third-order valence-corrected chi connectivity index (χ3v) is 5.05. The molecule has 0 radical (unpaired) electrons. The predicted molar refractivity (Wildman–Crippen MR) is 123 cm³/mol. The maximum absolute atomic E-state index is 4.89. The summed E-state index contributed by atoms with van der Waals surface area (Å²) in [5.74, 6) is 0.755. The Morgan fingerprint density at radius 2 is 1.35 bits per heavy atom. The minimum Gasteiger partial charge on any atom is -0.355 e. The van der Waals surface area contributed by atoms with E-state index in [1.807, 2.05) is 89.6 Å². The second-order valence-electron chi connectivity index (χ2n) is 7.32. The number of aromatic nitrogens is 4. The summed E-state index contributed by atoms with van der Waals surface area (Å²) in [5, 5.41) is 13.2.